The number of likely N-dealkylation sites (N-methyl/N-ethyl adjacent to an activating group) is 1. The third kappa shape index (κ3) is 2.64. The highest BCUT2D eigenvalue weighted by atomic mass is 16.4. The number of rotatable bonds is 4. The van der Waals surface area contributed by atoms with E-state index in [-0.39, 0.29) is 17.9 Å². The van der Waals surface area contributed by atoms with Crippen LogP contribution in [0.15, 0.2) is 0 Å². The summed E-state index contributed by atoms with van der Waals surface area (Å²) in [7, 11) is 3.84. The number of hydrogen-bond donors (Lipinski definition) is 2. The van der Waals surface area contributed by atoms with Crippen molar-refractivity contribution < 1.29 is 19.8 Å². The van der Waals surface area contributed by atoms with Crippen LogP contribution in [-0.2, 0) is 9.59 Å². The molecule has 1 saturated heterocycles. The second-order valence-electron chi connectivity index (χ2n) is 5.58. The predicted octanol–water partition coefficient (Wildman–Crippen LogP) is -0.769. The maximum Gasteiger partial charge on any atom is 0.307 e. The van der Waals surface area contributed by atoms with Crippen LogP contribution in [0.5, 0.6) is 0 Å². The summed E-state index contributed by atoms with van der Waals surface area (Å²) in [5.41, 5.74) is 0. The fourth-order valence-electron chi connectivity index (χ4n) is 2.71. The molecule has 1 saturated carbocycles. The lowest BCUT2D eigenvalue weighted by molar-refractivity contribution is -0.142. The summed E-state index contributed by atoms with van der Waals surface area (Å²) >= 11 is 0. The highest BCUT2D eigenvalue weighted by molar-refractivity contribution is 5.89. The molecule has 2 N–H and O–H groups in total. The van der Waals surface area contributed by atoms with Crippen molar-refractivity contribution in [3.8, 4) is 0 Å². The van der Waals surface area contributed by atoms with Crippen LogP contribution < -0.4 is 0 Å². The number of carboxylic acid groups (broad SMARTS) is 1. The zero-order chi connectivity index (χ0) is 13.4. The molecule has 18 heavy (non-hydrogen) atoms. The quantitative estimate of drug-likeness (QED) is 0.690. The van der Waals surface area contributed by atoms with E-state index in [4.69, 9.17) is 5.11 Å². The Labute approximate surface area is 106 Å². The van der Waals surface area contributed by atoms with Gasteiger partial charge in [0.15, 0.2) is 0 Å². The third-order valence-electron chi connectivity index (χ3n) is 3.68. The molecular formula is C12H20N2O4. The SMILES string of the molecule is CN(C)CC1CC(O)CN1C(=O)[C@@H]1C[C@@H]1C(=O)O. The minimum Gasteiger partial charge on any atom is -0.481 e. The molecule has 6 heteroatoms. The Morgan fingerprint density at radius 3 is 2.44 bits per heavy atom. The van der Waals surface area contributed by atoms with Crippen LogP contribution in [0.4, 0.5) is 0 Å². The van der Waals surface area contributed by atoms with Gasteiger partial charge in [0.05, 0.1) is 17.9 Å². The first kappa shape index (κ1) is 13.3. The van der Waals surface area contributed by atoms with E-state index in [1.807, 2.05) is 19.0 Å². The molecule has 2 fully saturated rings. The number of nitrogens with zero attached hydrogens (tertiary/aromatic N) is 2. The first-order chi connectivity index (χ1) is 8.40. The number of likely N-dealkylation sites (tertiary alicyclic amines) is 1. The van der Waals surface area contributed by atoms with Crippen molar-refractivity contribution in [3.05, 3.63) is 0 Å². The Morgan fingerprint density at radius 2 is 1.94 bits per heavy atom. The van der Waals surface area contributed by atoms with Crippen molar-refractivity contribution in [2.45, 2.75) is 25.0 Å². The van der Waals surface area contributed by atoms with Crippen molar-refractivity contribution in [1.82, 2.24) is 9.80 Å². The Hall–Kier alpha value is -1.14. The topological polar surface area (TPSA) is 81.1 Å². The second-order valence-corrected chi connectivity index (χ2v) is 5.58. The van der Waals surface area contributed by atoms with E-state index in [0.717, 1.165) is 0 Å². The maximum atomic E-state index is 12.2. The van der Waals surface area contributed by atoms with E-state index in [1.165, 1.54) is 0 Å². The van der Waals surface area contributed by atoms with E-state index >= 15 is 0 Å². The molecule has 1 aliphatic heterocycles. The van der Waals surface area contributed by atoms with Crippen molar-refractivity contribution in [3.63, 3.8) is 0 Å². The standard InChI is InChI=1S/C12H20N2O4/c1-13(2)5-7-3-8(15)6-14(7)11(16)9-4-10(9)12(17)18/h7-10,15H,3-6H2,1-2H3,(H,17,18)/t7?,8?,9-,10+/m1/s1. The van der Waals surface area contributed by atoms with Gasteiger partial charge < -0.3 is 20.0 Å². The first-order valence-corrected chi connectivity index (χ1v) is 6.26. The summed E-state index contributed by atoms with van der Waals surface area (Å²) in [4.78, 5) is 26.6. The zero-order valence-corrected chi connectivity index (χ0v) is 10.7. The molecule has 2 unspecified atom stereocenters. The van der Waals surface area contributed by atoms with Crippen molar-refractivity contribution in [2.24, 2.45) is 11.8 Å². The molecule has 0 aromatic carbocycles. The fraction of sp³-hybridized carbons (Fsp3) is 0.833. The molecular weight excluding hydrogens is 236 g/mol. The molecule has 1 amide bonds. The van der Waals surface area contributed by atoms with E-state index < -0.39 is 18.0 Å². The minimum atomic E-state index is -0.891. The number of amides is 1. The second kappa shape index (κ2) is 4.85. The molecule has 0 radical (unpaired) electrons. The van der Waals surface area contributed by atoms with Crippen LogP contribution >= 0.6 is 0 Å². The smallest absolute Gasteiger partial charge is 0.307 e. The summed E-state index contributed by atoms with van der Waals surface area (Å²) < 4.78 is 0. The van der Waals surface area contributed by atoms with E-state index in [9.17, 15) is 14.7 Å². The highest BCUT2D eigenvalue weighted by Gasteiger charge is 2.51. The molecule has 1 heterocycles. The van der Waals surface area contributed by atoms with E-state index in [0.29, 0.717) is 25.9 Å². The van der Waals surface area contributed by atoms with Crippen LogP contribution in [0, 0.1) is 11.8 Å². The van der Waals surface area contributed by atoms with Gasteiger partial charge in [-0.15, -0.1) is 0 Å². The largest absolute Gasteiger partial charge is 0.481 e. The number of hydrogen-bond acceptors (Lipinski definition) is 4. The lowest BCUT2D eigenvalue weighted by Crippen LogP contribution is -2.42. The van der Waals surface area contributed by atoms with Crippen LogP contribution in [0.25, 0.3) is 0 Å². The van der Waals surface area contributed by atoms with Crippen molar-refractivity contribution >= 4 is 11.9 Å². The van der Waals surface area contributed by atoms with Crippen LogP contribution in [-0.4, -0.2) is 71.2 Å². The highest BCUT2D eigenvalue weighted by Crippen LogP contribution is 2.41. The molecule has 102 valence electrons. The summed E-state index contributed by atoms with van der Waals surface area (Å²) in [6.45, 7) is 1.04. The summed E-state index contributed by atoms with van der Waals surface area (Å²) in [5.74, 6) is -1.89. The van der Waals surface area contributed by atoms with Gasteiger partial charge in [0.2, 0.25) is 5.91 Å². The summed E-state index contributed by atoms with van der Waals surface area (Å²) in [5, 5.41) is 18.5. The minimum absolute atomic E-state index is 0.00227. The zero-order valence-electron chi connectivity index (χ0n) is 10.7. The lowest BCUT2D eigenvalue weighted by Gasteiger charge is -2.27. The van der Waals surface area contributed by atoms with Crippen LogP contribution in [0.1, 0.15) is 12.8 Å². The average molecular weight is 256 g/mol. The first-order valence-electron chi connectivity index (χ1n) is 6.26. The number of carbonyl (C=O) groups excluding carboxylic acids is 1. The van der Waals surface area contributed by atoms with Gasteiger partial charge in [-0.25, -0.2) is 0 Å². The summed E-state index contributed by atoms with van der Waals surface area (Å²) in [6.07, 6.45) is 0.532. The van der Waals surface area contributed by atoms with Gasteiger partial charge in [0.25, 0.3) is 0 Å². The average Bonchev–Trinajstić information content (AvgIpc) is 2.97. The van der Waals surface area contributed by atoms with Gasteiger partial charge >= 0.3 is 5.97 Å². The van der Waals surface area contributed by atoms with Crippen molar-refractivity contribution in [2.75, 3.05) is 27.2 Å². The van der Waals surface area contributed by atoms with Gasteiger partial charge in [-0.05, 0) is 26.9 Å². The van der Waals surface area contributed by atoms with Crippen LogP contribution in [0.3, 0.4) is 0 Å². The molecule has 0 aromatic heterocycles. The molecule has 2 aliphatic rings. The van der Waals surface area contributed by atoms with Crippen molar-refractivity contribution in [1.29, 1.82) is 0 Å². The molecule has 4 atom stereocenters. The Balaban J connectivity index is 1.98. The number of aliphatic carboxylic acids is 1. The molecule has 6 nitrogen and oxygen atoms in total. The molecule has 0 aromatic rings. The predicted molar refractivity (Wildman–Crippen MR) is 63.9 cm³/mol. The number of β-amino-alcohol motifs (C(OH)–C–C–N with tert-alkyl or cyclic N) is 1. The van der Waals surface area contributed by atoms with Gasteiger partial charge in [-0.3, -0.25) is 9.59 Å². The van der Waals surface area contributed by atoms with E-state index in [2.05, 4.69) is 0 Å². The molecule has 1 aliphatic carbocycles. The van der Waals surface area contributed by atoms with Crippen LogP contribution in [0.2, 0.25) is 0 Å². The van der Waals surface area contributed by atoms with Gasteiger partial charge in [0, 0.05) is 19.1 Å². The molecule has 0 spiro atoms. The van der Waals surface area contributed by atoms with Gasteiger partial charge in [-0.1, -0.05) is 0 Å². The number of aliphatic hydroxyl groups is 1. The monoisotopic (exact) mass is 256 g/mol. The third-order valence-corrected chi connectivity index (χ3v) is 3.68. The Kier molecular flexibility index (Phi) is 3.59. The number of aliphatic hydroxyl groups excluding tert-OH is 1. The summed E-state index contributed by atoms with van der Waals surface area (Å²) in [6, 6.07) is -0.00227. The number of carboxylic acids is 1. The molecule has 2 rings (SSSR count). The number of carbonyl (C=O) groups is 2. The van der Waals surface area contributed by atoms with Gasteiger partial charge in [0.1, 0.15) is 0 Å². The van der Waals surface area contributed by atoms with E-state index in [1.54, 1.807) is 4.90 Å². The normalized spacial score (nSPS) is 35.0. The van der Waals surface area contributed by atoms with Gasteiger partial charge in [-0.2, -0.15) is 0 Å². The molecule has 0 bridgehead atoms. The lowest BCUT2D eigenvalue weighted by atomic mass is 10.2. The Morgan fingerprint density at radius 1 is 1.28 bits per heavy atom. The fourth-order valence-corrected chi connectivity index (χ4v) is 2.71. The maximum absolute atomic E-state index is 12.2. The Bertz CT molecular complexity index is 358.